The molecule has 0 bridgehead atoms. The maximum Gasteiger partial charge on any atom is 0.308 e. The quantitative estimate of drug-likeness (QED) is 0.815. The van der Waals surface area contributed by atoms with Crippen LogP contribution in [0.25, 0.3) is 0 Å². The summed E-state index contributed by atoms with van der Waals surface area (Å²) in [6.45, 7) is 2.04. The van der Waals surface area contributed by atoms with Gasteiger partial charge in [0, 0.05) is 24.2 Å². The molecule has 0 amide bonds. The Labute approximate surface area is 114 Å². The maximum atomic E-state index is 12.1. The van der Waals surface area contributed by atoms with Crippen molar-refractivity contribution in [3.63, 3.8) is 0 Å². The van der Waals surface area contributed by atoms with Crippen molar-refractivity contribution in [3.8, 4) is 0 Å². The minimum absolute atomic E-state index is 0.270. The van der Waals surface area contributed by atoms with Gasteiger partial charge in [0.05, 0.1) is 24.9 Å². The Morgan fingerprint density at radius 3 is 2.90 bits per heavy atom. The van der Waals surface area contributed by atoms with Gasteiger partial charge >= 0.3 is 5.97 Å². The highest BCUT2D eigenvalue weighted by Gasteiger charge is 2.11. The van der Waals surface area contributed by atoms with Crippen molar-refractivity contribution in [1.29, 1.82) is 0 Å². The lowest BCUT2D eigenvalue weighted by Gasteiger charge is -2.11. The standard InChI is InChI=1S/C13H14N4O3/c1-9-2-5-17(13(20)11(9)6-12(18)19)16-8-10-7-14-3-4-15-10/h2-5,7,16H,6,8H2,1H3,(H,18,19). The van der Waals surface area contributed by atoms with E-state index in [4.69, 9.17) is 5.11 Å². The summed E-state index contributed by atoms with van der Waals surface area (Å²) in [6.07, 6.45) is 5.99. The van der Waals surface area contributed by atoms with Gasteiger partial charge in [-0.25, -0.2) is 4.68 Å². The van der Waals surface area contributed by atoms with E-state index in [9.17, 15) is 9.59 Å². The molecule has 7 heteroatoms. The molecular formula is C13H14N4O3. The fourth-order valence-electron chi connectivity index (χ4n) is 1.75. The Morgan fingerprint density at radius 1 is 1.45 bits per heavy atom. The minimum atomic E-state index is -1.03. The number of aliphatic carboxylic acids is 1. The average molecular weight is 274 g/mol. The lowest BCUT2D eigenvalue weighted by atomic mass is 10.1. The summed E-state index contributed by atoms with van der Waals surface area (Å²) in [6, 6.07) is 1.70. The van der Waals surface area contributed by atoms with Gasteiger partial charge in [0.25, 0.3) is 5.56 Å². The van der Waals surface area contributed by atoms with Gasteiger partial charge in [0.15, 0.2) is 0 Å². The number of rotatable bonds is 5. The number of carboxylic acids is 1. The number of hydrogen-bond donors (Lipinski definition) is 2. The van der Waals surface area contributed by atoms with E-state index in [1.54, 1.807) is 37.8 Å². The lowest BCUT2D eigenvalue weighted by molar-refractivity contribution is -0.136. The van der Waals surface area contributed by atoms with Crippen LogP contribution in [-0.4, -0.2) is 25.7 Å². The van der Waals surface area contributed by atoms with Crippen LogP contribution in [0.5, 0.6) is 0 Å². The topological polar surface area (TPSA) is 97.1 Å². The van der Waals surface area contributed by atoms with Crippen molar-refractivity contribution in [3.05, 3.63) is 58.0 Å². The molecule has 7 nitrogen and oxygen atoms in total. The van der Waals surface area contributed by atoms with Crippen molar-refractivity contribution >= 4 is 5.97 Å². The SMILES string of the molecule is Cc1ccn(NCc2cnccn2)c(=O)c1CC(=O)O. The Kier molecular flexibility index (Phi) is 4.09. The number of aromatic nitrogens is 3. The second-order valence-corrected chi connectivity index (χ2v) is 4.25. The van der Waals surface area contributed by atoms with E-state index < -0.39 is 5.97 Å². The highest BCUT2D eigenvalue weighted by atomic mass is 16.4. The van der Waals surface area contributed by atoms with E-state index in [0.29, 0.717) is 17.8 Å². The molecule has 2 aromatic rings. The van der Waals surface area contributed by atoms with Crippen LogP contribution in [0.2, 0.25) is 0 Å². The third-order valence-corrected chi connectivity index (χ3v) is 2.80. The number of carboxylic acid groups (broad SMARTS) is 1. The molecular weight excluding hydrogens is 260 g/mol. The van der Waals surface area contributed by atoms with Gasteiger partial charge in [-0.1, -0.05) is 0 Å². The van der Waals surface area contributed by atoms with Crippen LogP contribution in [0.1, 0.15) is 16.8 Å². The highest BCUT2D eigenvalue weighted by molar-refractivity contribution is 5.70. The first-order chi connectivity index (χ1) is 9.58. The molecule has 2 N–H and O–H groups in total. The first-order valence-corrected chi connectivity index (χ1v) is 5.99. The van der Waals surface area contributed by atoms with Gasteiger partial charge in [0.2, 0.25) is 0 Å². The molecule has 0 saturated heterocycles. The number of aryl methyl sites for hydroxylation is 1. The normalized spacial score (nSPS) is 10.2. The third kappa shape index (κ3) is 3.19. The van der Waals surface area contributed by atoms with Crippen LogP contribution >= 0.6 is 0 Å². The Hall–Kier alpha value is -2.70. The van der Waals surface area contributed by atoms with E-state index in [2.05, 4.69) is 15.4 Å². The van der Waals surface area contributed by atoms with E-state index >= 15 is 0 Å². The summed E-state index contributed by atoms with van der Waals surface area (Å²) in [5, 5.41) is 8.83. The van der Waals surface area contributed by atoms with Crippen molar-refractivity contribution in [2.24, 2.45) is 0 Å². The largest absolute Gasteiger partial charge is 0.481 e. The molecule has 2 aromatic heterocycles. The summed E-state index contributed by atoms with van der Waals surface area (Å²) in [5.41, 5.74) is 4.13. The van der Waals surface area contributed by atoms with Gasteiger partial charge < -0.3 is 10.5 Å². The Balaban J connectivity index is 2.20. The molecule has 0 fully saturated rings. The van der Waals surface area contributed by atoms with Crippen LogP contribution in [0.3, 0.4) is 0 Å². The van der Waals surface area contributed by atoms with Gasteiger partial charge in [0.1, 0.15) is 0 Å². The van der Waals surface area contributed by atoms with Crippen LogP contribution in [-0.2, 0) is 17.8 Å². The number of nitrogens with zero attached hydrogens (tertiary/aromatic N) is 3. The van der Waals surface area contributed by atoms with E-state index in [-0.39, 0.29) is 17.5 Å². The molecule has 0 aliphatic rings. The van der Waals surface area contributed by atoms with Crippen LogP contribution in [0, 0.1) is 6.92 Å². The van der Waals surface area contributed by atoms with Crippen LogP contribution in [0.4, 0.5) is 0 Å². The van der Waals surface area contributed by atoms with Gasteiger partial charge in [-0.3, -0.25) is 19.6 Å². The van der Waals surface area contributed by atoms with Gasteiger partial charge in [-0.15, -0.1) is 0 Å². The molecule has 0 spiro atoms. The second kappa shape index (κ2) is 5.96. The minimum Gasteiger partial charge on any atom is -0.481 e. The molecule has 2 heterocycles. The van der Waals surface area contributed by atoms with Crippen LogP contribution < -0.4 is 11.0 Å². The molecule has 0 atom stereocenters. The number of pyridine rings is 1. The van der Waals surface area contributed by atoms with Crippen molar-refractivity contribution < 1.29 is 9.90 Å². The molecule has 0 aliphatic carbocycles. The first-order valence-electron chi connectivity index (χ1n) is 5.99. The van der Waals surface area contributed by atoms with Crippen molar-refractivity contribution in [1.82, 2.24) is 14.6 Å². The van der Waals surface area contributed by atoms with E-state index in [0.717, 1.165) is 0 Å². The zero-order chi connectivity index (χ0) is 14.5. The number of carbonyl (C=O) groups is 1. The van der Waals surface area contributed by atoms with Gasteiger partial charge in [-0.05, 0) is 18.6 Å². The molecule has 20 heavy (non-hydrogen) atoms. The summed E-state index contributed by atoms with van der Waals surface area (Å²) in [5.74, 6) is -1.03. The number of nitrogens with one attached hydrogen (secondary N) is 1. The summed E-state index contributed by atoms with van der Waals surface area (Å²) in [4.78, 5) is 30.9. The highest BCUT2D eigenvalue weighted by Crippen LogP contribution is 2.02. The van der Waals surface area contributed by atoms with E-state index in [1.165, 1.54) is 4.68 Å². The summed E-state index contributed by atoms with van der Waals surface area (Å²) < 4.78 is 1.26. The third-order valence-electron chi connectivity index (χ3n) is 2.80. The number of hydrogen-bond acceptors (Lipinski definition) is 5. The zero-order valence-electron chi connectivity index (χ0n) is 10.9. The smallest absolute Gasteiger partial charge is 0.308 e. The average Bonchev–Trinajstić information content (AvgIpc) is 2.43. The molecule has 0 aromatic carbocycles. The van der Waals surface area contributed by atoms with E-state index in [1.807, 2.05) is 0 Å². The Morgan fingerprint density at radius 2 is 2.25 bits per heavy atom. The molecule has 0 radical (unpaired) electrons. The predicted molar refractivity (Wildman–Crippen MR) is 71.9 cm³/mol. The summed E-state index contributed by atoms with van der Waals surface area (Å²) in [7, 11) is 0. The predicted octanol–water partition coefficient (Wildman–Crippen LogP) is 0.318. The molecule has 0 saturated carbocycles. The monoisotopic (exact) mass is 274 g/mol. The van der Waals surface area contributed by atoms with Crippen molar-refractivity contribution in [2.75, 3.05) is 5.43 Å². The first kappa shape index (κ1) is 13.7. The molecule has 0 unspecified atom stereocenters. The fourth-order valence-corrected chi connectivity index (χ4v) is 1.75. The van der Waals surface area contributed by atoms with Crippen LogP contribution in [0.15, 0.2) is 35.6 Å². The summed E-state index contributed by atoms with van der Waals surface area (Å²) >= 11 is 0. The fraction of sp³-hybridized carbons (Fsp3) is 0.231. The molecule has 0 aliphatic heterocycles. The molecule has 104 valence electrons. The Bertz CT molecular complexity index is 667. The second-order valence-electron chi connectivity index (χ2n) is 4.25. The zero-order valence-corrected chi connectivity index (χ0v) is 10.9. The van der Waals surface area contributed by atoms with Crippen molar-refractivity contribution in [2.45, 2.75) is 19.9 Å². The lowest BCUT2D eigenvalue weighted by Crippen LogP contribution is -2.32. The molecule has 2 rings (SSSR count). The maximum absolute atomic E-state index is 12.1. The van der Waals surface area contributed by atoms with Gasteiger partial charge in [-0.2, -0.15) is 0 Å².